The third-order valence-corrected chi connectivity index (χ3v) is 7.99. The summed E-state index contributed by atoms with van der Waals surface area (Å²) in [6, 6.07) is 18.7. The van der Waals surface area contributed by atoms with Gasteiger partial charge in [-0.15, -0.1) is 11.3 Å². The molecule has 1 aliphatic carbocycles. The highest BCUT2D eigenvalue weighted by molar-refractivity contribution is 7.24. The van der Waals surface area contributed by atoms with Crippen LogP contribution in [0, 0.1) is 12.8 Å². The summed E-state index contributed by atoms with van der Waals surface area (Å²) in [4.78, 5) is 10.9. The lowest BCUT2D eigenvalue weighted by molar-refractivity contribution is 0.158. The maximum atomic E-state index is 6.11. The van der Waals surface area contributed by atoms with Gasteiger partial charge in [0.15, 0.2) is 0 Å². The fraction of sp³-hybridized carbons (Fsp3) is 0.280. The minimum absolute atomic E-state index is 0.127. The summed E-state index contributed by atoms with van der Waals surface area (Å²) < 4.78 is 15.4. The molecule has 154 valence electrons. The van der Waals surface area contributed by atoms with Crippen LogP contribution in [0.3, 0.4) is 0 Å². The molecule has 4 heterocycles. The SMILES string of the molecule is Cc1nc([C@@]23COC[C@@H]2C3)n2c1sc1cc(OCc3ccc4ccccc4n3)ccc12. The van der Waals surface area contributed by atoms with E-state index in [2.05, 4.69) is 41.7 Å². The van der Waals surface area contributed by atoms with Gasteiger partial charge in [0, 0.05) is 5.39 Å². The zero-order valence-corrected chi connectivity index (χ0v) is 18.0. The average molecular weight is 428 g/mol. The van der Waals surface area contributed by atoms with E-state index in [4.69, 9.17) is 19.4 Å². The number of aryl methyl sites for hydroxylation is 1. The number of thiazole rings is 1. The van der Waals surface area contributed by atoms with E-state index >= 15 is 0 Å². The smallest absolute Gasteiger partial charge is 0.130 e. The second-order valence-corrected chi connectivity index (χ2v) is 9.78. The van der Waals surface area contributed by atoms with E-state index in [1.54, 1.807) is 11.3 Å². The zero-order valence-electron chi connectivity index (χ0n) is 17.2. The molecule has 2 atom stereocenters. The Balaban J connectivity index is 1.22. The molecule has 1 saturated carbocycles. The second-order valence-electron chi connectivity index (χ2n) is 8.75. The number of fused-ring (bicyclic) bond motifs is 5. The minimum Gasteiger partial charge on any atom is -0.487 e. The van der Waals surface area contributed by atoms with Crippen molar-refractivity contribution in [2.75, 3.05) is 13.2 Å². The van der Waals surface area contributed by atoms with Gasteiger partial charge < -0.3 is 9.47 Å². The van der Waals surface area contributed by atoms with Crippen molar-refractivity contribution in [2.24, 2.45) is 5.92 Å². The number of aromatic nitrogens is 3. The molecule has 0 unspecified atom stereocenters. The number of benzene rings is 2. The van der Waals surface area contributed by atoms with Crippen LogP contribution in [0.2, 0.25) is 0 Å². The van der Waals surface area contributed by atoms with Gasteiger partial charge in [-0.25, -0.2) is 9.97 Å². The molecule has 31 heavy (non-hydrogen) atoms. The first-order chi connectivity index (χ1) is 15.2. The quantitative estimate of drug-likeness (QED) is 0.392. The number of imidazole rings is 1. The highest BCUT2D eigenvalue weighted by Crippen LogP contribution is 2.58. The molecule has 1 aliphatic heterocycles. The van der Waals surface area contributed by atoms with Crippen molar-refractivity contribution in [1.29, 1.82) is 0 Å². The molecule has 0 spiro atoms. The van der Waals surface area contributed by atoms with Crippen LogP contribution < -0.4 is 4.74 Å². The highest BCUT2D eigenvalue weighted by atomic mass is 32.1. The summed E-state index contributed by atoms with van der Waals surface area (Å²) in [5.74, 6) is 2.68. The standard InChI is InChI=1S/C25H21N3O2S/c1-15-23-28(24(26-15)25-11-17(25)12-29-14-25)21-9-8-19(10-22(21)31-23)30-13-18-7-6-16-4-2-3-5-20(16)27-18/h2-10,17H,11-14H2,1H3/t17-,25-/m0/s1. The van der Waals surface area contributed by atoms with Crippen molar-refractivity contribution < 1.29 is 9.47 Å². The van der Waals surface area contributed by atoms with Crippen LogP contribution in [0.1, 0.15) is 23.6 Å². The van der Waals surface area contributed by atoms with Gasteiger partial charge in [-0.2, -0.15) is 0 Å². The van der Waals surface area contributed by atoms with E-state index in [9.17, 15) is 0 Å². The Hall–Kier alpha value is -2.96. The largest absolute Gasteiger partial charge is 0.487 e. The molecule has 7 rings (SSSR count). The molecule has 5 nitrogen and oxygen atoms in total. The minimum atomic E-state index is 0.127. The molecule has 1 saturated heterocycles. The Morgan fingerprint density at radius 1 is 1.16 bits per heavy atom. The van der Waals surface area contributed by atoms with Gasteiger partial charge in [0.2, 0.25) is 0 Å². The molecular formula is C25H21N3O2S. The topological polar surface area (TPSA) is 48.7 Å². The zero-order chi connectivity index (χ0) is 20.6. The molecule has 0 N–H and O–H groups in total. The van der Waals surface area contributed by atoms with Gasteiger partial charge in [-0.3, -0.25) is 4.40 Å². The van der Waals surface area contributed by atoms with E-state index in [1.807, 2.05) is 24.3 Å². The Kier molecular flexibility index (Phi) is 3.58. The summed E-state index contributed by atoms with van der Waals surface area (Å²) in [6.45, 7) is 4.24. The Bertz CT molecular complexity index is 1490. The molecule has 0 amide bonds. The monoisotopic (exact) mass is 427 g/mol. The van der Waals surface area contributed by atoms with Gasteiger partial charge in [0.25, 0.3) is 0 Å². The maximum absolute atomic E-state index is 6.11. The maximum Gasteiger partial charge on any atom is 0.130 e. The average Bonchev–Trinajstić information content (AvgIpc) is 3.07. The molecule has 3 aromatic heterocycles. The molecular weight excluding hydrogens is 406 g/mol. The first-order valence-corrected chi connectivity index (χ1v) is 11.5. The van der Waals surface area contributed by atoms with Crippen LogP contribution in [-0.4, -0.2) is 27.6 Å². The van der Waals surface area contributed by atoms with Gasteiger partial charge in [0.1, 0.15) is 23.0 Å². The van der Waals surface area contributed by atoms with E-state index in [0.29, 0.717) is 12.5 Å². The molecule has 0 bridgehead atoms. The molecule has 2 aliphatic rings. The van der Waals surface area contributed by atoms with Gasteiger partial charge in [0.05, 0.1) is 45.7 Å². The number of rotatable bonds is 4. The van der Waals surface area contributed by atoms with Crippen LogP contribution in [0.25, 0.3) is 25.9 Å². The number of pyridine rings is 1. The molecule has 5 aromatic rings. The fourth-order valence-corrected chi connectivity index (χ4v) is 6.11. The second kappa shape index (κ2) is 6.28. The van der Waals surface area contributed by atoms with Crippen molar-refractivity contribution in [3.8, 4) is 5.75 Å². The van der Waals surface area contributed by atoms with Crippen LogP contribution in [0.4, 0.5) is 0 Å². The predicted molar refractivity (Wildman–Crippen MR) is 122 cm³/mol. The van der Waals surface area contributed by atoms with E-state index in [-0.39, 0.29) is 5.41 Å². The number of nitrogens with zero attached hydrogens (tertiary/aromatic N) is 3. The van der Waals surface area contributed by atoms with Crippen molar-refractivity contribution in [2.45, 2.75) is 25.4 Å². The predicted octanol–water partition coefficient (Wildman–Crippen LogP) is 5.27. The normalized spacial score (nSPS) is 22.4. The van der Waals surface area contributed by atoms with Gasteiger partial charge in [-0.05, 0) is 49.6 Å². The Labute approximate surface area is 183 Å². The lowest BCUT2D eigenvalue weighted by atomic mass is 10.1. The van der Waals surface area contributed by atoms with Crippen molar-refractivity contribution in [3.05, 3.63) is 71.8 Å². The van der Waals surface area contributed by atoms with Crippen LogP contribution in [0.15, 0.2) is 54.6 Å². The number of hydrogen-bond donors (Lipinski definition) is 0. The third kappa shape index (κ3) is 2.58. The van der Waals surface area contributed by atoms with E-state index in [1.165, 1.54) is 27.3 Å². The Morgan fingerprint density at radius 3 is 2.97 bits per heavy atom. The highest BCUT2D eigenvalue weighted by Gasteiger charge is 2.62. The molecule has 6 heteroatoms. The summed E-state index contributed by atoms with van der Waals surface area (Å²) in [6.07, 6.45) is 1.20. The number of para-hydroxylation sites is 1. The first kappa shape index (κ1) is 17.7. The van der Waals surface area contributed by atoms with Gasteiger partial charge in [-0.1, -0.05) is 24.3 Å². The summed E-state index contributed by atoms with van der Waals surface area (Å²) in [7, 11) is 0. The molecule has 2 aromatic carbocycles. The number of ether oxygens (including phenoxy) is 2. The lowest BCUT2D eigenvalue weighted by Gasteiger charge is -2.10. The molecule has 0 radical (unpaired) electrons. The third-order valence-electron chi connectivity index (χ3n) is 6.78. The van der Waals surface area contributed by atoms with Crippen molar-refractivity contribution >= 4 is 37.3 Å². The van der Waals surface area contributed by atoms with Crippen LogP contribution in [-0.2, 0) is 16.8 Å². The number of hydrogen-bond acceptors (Lipinski definition) is 5. The Morgan fingerprint density at radius 2 is 2.10 bits per heavy atom. The fourth-order valence-electron chi connectivity index (χ4n) is 4.99. The van der Waals surface area contributed by atoms with E-state index < -0.39 is 0 Å². The first-order valence-electron chi connectivity index (χ1n) is 10.7. The molecule has 2 fully saturated rings. The van der Waals surface area contributed by atoms with E-state index in [0.717, 1.165) is 41.3 Å². The van der Waals surface area contributed by atoms with Crippen molar-refractivity contribution in [3.63, 3.8) is 0 Å². The summed E-state index contributed by atoms with van der Waals surface area (Å²) in [5, 5.41) is 1.15. The lowest BCUT2D eigenvalue weighted by Crippen LogP contribution is -2.15. The van der Waals surface area contributed by atoms with Crippen LogP contribution in [0.5, 0.6) is 5.75 Å². The van der Waals surface area contributed by atoms with Crippen molar-refractivity contribution in [1.82, 2.24) is 14.4 Å². The van der Waals surface area contributed by atoms with Gasteiger partial charge >= 0.3 is 0 Å². The summed E-state index contributed by atoms with van der Waals surface area (Å²) >= 11 is 1.79. The summed E-state index contributed by atoms with van der Waals surface area (Å²) in [5.41, 5.74) is 4.36. The van der Waals surface area contributed by atoms with Crippen LogP contribution >= 0.6 is 11.3 Å².